The molecule has 0 aliphatic heterocycles. The third-order valence-electron chi connectivity index (χ3n) is 2.09. The highest BCUT2D eigenvalue weighted by Gasteiger charge is 2.06. The normalized spacial score (nSPS) is 11.0. The lowest BCUT2D eigenvalue weighted by atomic mass is 10.4. The molecule has 0 fully saturated rings. The van der Waals surface area contributed by atoms with Crippen LogP contribution in [0.15, 0.2) is 37.2 Å². The molecule has 0 atom stereocenters. The van der Waals surface area contributed by atoms with Gasteiger partial charge in [0.25, 0.3) is 0 Å². The van der Waals surface area contributed by atoms with Crippen molar-refractivity contribution in [1.29, 1.82) is 0 Å². The molecule has 3 rings (SSSR count). The topological polar surface area (TPSA) is 48.0 Å². The van der Waals surface area contributed by atoms with E-state index in [2.05, 4.69) is 15.1 Å². The maximum atomic E-state index is 5.90. The Morgan fingerprint density at radius 1 is 1.20 bits per heavy atom. The average Bonchev–Trinajstić information content (AvgIpc) is 2.86. The highest BCUT2D eigenvalue weighted by molar-refractivity contribution is 6.29. The third-order valence-corrected chi connectivity index (χ3v) is 2.28. The third kappa shape index (κ3) is 1.28. The molecule has 3 heterocycles. The fourth-order valence-electron chi connectivity index (χ4n) is 1.46. The van der Waals surface area contributed by atoms with E-state index in [4.69, 9.17) is 11.6 Å². The van der Waals surface area contributed by atoms with Crippen molar-refractivity contribution in [2.24, 2.45) is 0 Å². The lowest BCUT2D eigenvalue weighted by Crippen LogP contribution is -1.99. The molecular formula is C9H6ClN5. The van der Waals surface area contributed by atoms with E-state index in [0.29, 0.717) is 5.15 Å². The predicted octanol–water partition coefficient (Wildman–Crippen LogP) is 1.57. The summed E-state index contributed by atoms with van der Waals surface area (Å²) in [6, 6.07) is 1.76. The smallest absolute Gasteiger partial charge is 0.177 e. The van der Waals surface area contributed by atoms with E-state index >= 15 is 0 Å². The number of aromatic nitrogens is 5. The Balaban J connectivity index is 2.38. The van der Waals surface area contributed by atoms with E-state index in [1.165, 1.54) is 0 Å². The molecule has 3 aromatic heterocycles. The number of hydrogen-bond acceptors (Lipinski definition) is 3. The number of imidazole rings is 2. The molecule has 0 aliphatic rings. The first-order valence-electron chi connectivity index (χ1n) is 4.33. The van der Waals surface area contributed by atoms with Gasteiger partial charge in [0.15, 0.2) is 10.8 Å². The van der Waals surface area contributed by atoms with E-state index in [1.807, 2.05) is 10.8 Å². The summed E-state index contributed by atoms with van der Waals surface area (Å²) in [5, 5.41) is 4.51. The van der Waals surface area contributed by atoms with Crippen molar-refractivity contribution < 1.29 is 0 Å². The molecule has 0 bridgehead atoms. The Kier molecular flexibility index (Phi) is 1.72. The summed E-state index contributed by atoms with van der Waals surface area (Å²) >= 11 is 5.90. The number of hydrogen-bond donors (Lipinski definition) is 0. The molecule has 0 N–H and O–H groups in total. The molecule has 0 unspecified atom stereocenters. The zero-order chi connectivity index (χ0) is 10.3. The van der Waals surface area contributed by atoms with Gasteiger partial charge < -0.3 is 4.57 Å². The van der Waals surface area contributed by atoms with Crippen molar-refractivity contribution in [3.8, 4) is 5.69 Å². The fraction of sp³-hybridized carbons (Fsp3) is 0. The second kappa shape index (κ2) is 3.06. The van der Waals surface area contributed by atoms with Crippen LogP contribution in [0.4, 0.5) is 0 Å². The second-order valence-corrected chi connectivity index (χ2v) is 3.40. The van der Waals surface area contributed by atoms with Crippen LogP contribution in [0.2, 0.25) is 5.15 Å². The van der Waals surface area contributed by atoms with Crippen LogP contribution in [0.3, 0.4) is 0 Å². The molecule has 0 radical (unpaired) electrons. The first kappa shape index (κ1) is 8.43. The highest BCUT2D eigenvalue weighted by atomic mass is 35.5. The lowest BCUT2D eigenvalue weighted by molar-refractivity contribution is 0.914. The number of rotatable bonds is 1. The van der Waals surface area contributed by atoms with Gasteiger partial charge in [0.1, 0.15) is 0 Å². The van der Waals surface area contributed by atoms with Crippen LogP contribution in [0.1, 0.15) is 0 Å². The van der Waals surface area contributed by atoms with Gasteiger partial charge in [0.05, 0.1) is 12.0 Å². The summed E-state index contributed by atoms with van der Waals surface area (Å²) in [5.41, 5.74) is 1.61. The second-order valence-electron chi connectivity index (χ2n) is 3.02. The molecule has 0 aliphatic carbocycles. The summed E-state index contributed by atoms with van der Waals surface area (Å²) in [5.74, 6) is 0. The maximum Gasteiger partial charge on any atom is 0.177 e. The fourth-order valence-corrected chi connectivity index (χ4v) is 1.65. The van der Waals surface area contributed by atoms with Gasteiger partial charge >= 0.3 is 0 Å². The summed E-state index contributed by atoms with van der Waals surface area (Å²) in [7, 11) is 0. The Morgan fingerprint density at radius 2 is 2.13 bits per heavy atom. The lowest BCUT2D eigenvalue weighted by Gasteiger charge is -2.03. The minimum atomic E-state index is 0.421. The van der Waals surface area contributed by atoms with Crippen LogP contribution >= 0.6 is 11.6 Å². The molecule has 5 nitrogen and oxygen atoms in total. The van der Waals surface area contributed by atoms with Gasteiger partial charge in [-0.05, 0) is 0 Å². The summed E-state index contributed by atoms with van der Waals surface area (Å²) in [6.07, 6.45) is 8.66. The van der Waals surface area contributed by atoms with Crippen molar-refractivity contribution in [2.75, 3.05) is 0 Å². The van der Waals surface area contributed by atoms with Crippen LogP contribution in [0.25, 0.3) is 11.3 Å². The maximum absolute atomic E-state index is 5.90. The molecule has 0 spiro atoms. The summed E-state index contributed by atoms with van der Waals surface area (Å²) < 4.78 is 3.48. The van der Waals surface area contributed by atoms with Crippen LogP contribution in [0.5, 0.6) is 0 Å². The van der Waals surface area contributed by atoms with Gasteiger partial charge in [0, 0.05) is 30.9 Å². The van der Waals surface area contributed by atoms with Crippen molar-refractivity contribution in [1.82, 2.24) is 24.1 Å². The van der Waals surface area contributed by atoms with Gasteiger partial charge in [-0.3, -0.25) is 0 Å². The Labute approximate surface area is 90.0 Å². The number of fused-ring (bicyclic) bond motifs is 1. The van der Waals surface area contributed by atoms with Gasteiger partial charge in [0.2, 0.25) is 0 Å². The molecule has 6 heteroatoms. The van der Waals surface area contributed by atoms with Crippen molar-refractivity contribution >= 4 is 17.2 Å². The quantitative estimate of drug-likeness (QED) is 0.624. The standard InChI is InChI=1S/C9H6ClN5/c10-8-5-7(14-3-1-11-6-14)9-12-2-4-15(9)13-8/h1-6H. The molecular weight excluding hydrogens is 214 g/mol. The Morgan fingerprint density at radius 3 is 2.93 bits per heavy atom. The highest BCUT2D eigenvalue weighted by Crippen LogP contribution is 2.16. The Bertz CT molecular complexity index is 598. The van der Waals surface area contributed by atoms with Crippen molar-refractivity contribution in [3.05, 3.63) is 42.3 Å². The van der Waals surface area contributed by atoms with Gasteiger partial charge in [-0.15, -0.1) is 0 Å². The predicted molar refractivity (Wildman–Crippen MR) is 55.1 cm³/mol. The number of halogens is 1. The first-order chi connectivity index (χ1) is 7.34. The first-order valence-corrected chi connectivity index (χ1v) is 4.70. The molecule has 0 saturated heterocycles. The van der Waals surface area contributed by atoms with E-state index in [9.17, 15) is 0 Å². The minimum Gasteiger partial charge on any atom is -0.303 e. The van der Waals surface area contributed by atoms with E-state index in [-0.39, 0.29) is 0 Å². The van der Waals surface area contributed by atoms with E-state index in [1.54, 1.807) is 35.5 Å². The van der Waals surface area contributed by atoms with Crippen LogP contribution in [-0.2, 0) is 0 Å². The number of nitrogens with zero attached hydrogens (tertiary/aromatic N) is 5. The van der Waals surface area contributed by atoms with Crippen LogP contribution in [0, 0.1) is 0 Å². The zero-order valence-corrected chi connectivity index (χ0v) is 8.33. The molecule has 0 saturated carbocycles. The molecule has 74 valence electrons. The summed E-state index contributed by atoms with van der Waals surface area (Å²) in [6.45, 7) is 0. The minimum absolute atomic E-state index is 0.421. The zero-order valence-electron chi connectivity index (χ0n) is 7.58. The van der Waals surface area contributed by atoms with Crippen molar-refractivity contribution in [2.45, 2.75) is 0 Å². The van der Waals surface area contributed by atoms with Gasteiger partial charge in [-0.1, -0.05) is 11.6 Å². The van der Waals surface area contributed by atoms with Crippen molar-refractivity contribution in [3.63, 3.8) is 0 Å². The molecule has 0 amide bonds. The van der Waals surface area contributed by atoms with Crippen LogP contribution in [-0.4, -0.2) is 24.1 Å². The Hall–Kier alpha value is -1.88. The van der Waals surface area contributed by atoms with Gasteiger partial charge in [-0.25, -0.2) is 14.5 Å². The SMILES string of the molecule is Clc1cc(-n2ccnc2)c2nccn2n1. The largest absolute Gasteiger partial charge is 0.303 e. The van der Waals surface area contributed by atoms with E-state index < -0.39 is 0 Å². The summed E-state index contributed by atoms with van der Waals surface area (Å²) in [4.78, 5) is 8.19. The monoisotopic (exact) mass is 219 g/mol. The van der Waals surface area contributed by atoms with Gasteiger partial charge in [-0.2, -0.15) is 5.10 Å². The van der Waals surface area contributed by atoms with E-state index in [0.717, 1.165) is 11.3 Å². The average molecular weight is 220 g/mol. The molecule has 3 aromatic rings. The van der Waals surface area contributed by atoms with Crippen LogP contribution < -0.4 is 0 Å². The molecule has 15 heavy (non-hydrogen) atoms. The molecule has 0 aromatic carbocycles.